The van der Waals surface area contributed by atoms with Gasteiger partial charge in [-0.2, -0.15) is 0 Å². The molecule has 1 heterocycles. The molecule has 5 heteroatoms. The van der Waals surface area contributed by atoms with Crippen LogP contribution in [0.1, 0.15) is 30.8 Å². The number of benzene rings is 1. The van der Waals surface area contributed by atoms with Crippen molar-refractivity contribution in [3.8, 4) is 0 Å². The van der Waals surface area contributed by atoms with Gasteiger partial charge in [-0.3, -0.25) is 0 Å². The molecular formula is C14H15FINO2. The van der Waals surface area contributed by atoms with E-state index in [-0.39, 0.29) is 11.8 Å². The van der Waals surface area contributed by atoms with E-state index < -0.39 is 0 Å². The monoisotopic (exact) mass is 375 g/mol. The number of carbonyl (C=O) groups is 1. The summed E-state index contributed by atoms with van der Waals surface area (Å²) in [6.45, 7) is 4.54. The first-order chi connectivity index (χ1) is 8.99. The second kappa shape index (κ2) is 5.90. The molecular weight excluding hydrogens is 360 g/mol. The molecule has 2 rings (SSSR count). The Balaban J connectivity index is 2.20. The molecule has 0 atom stereocenters. The zero-order chi connectivity index (χ0) is 14.0. The first kappa shape index (κ1) is 14.3. The molecule has 0 spiro atoms. The van der Waals surface area contributed by atoms with Crippen LogP contribution < -0.4 is 0 Å². The molecule has 1 aromatic carbocycles. The Morgan fingerprint density at radius 3 is 2.89 bits per heavy atom. The first-order valence-corrected chi connectivity index (χ1v) is 7.20. The van der Waals surface area contributed by atoms with Gasteiger partial charge in [0.2, 0.25) is 0 Å². The highest BCUT2D eigenvalue weighted by Crippen LogP contribution is 2.25. The van der Waals surface area contributed by atoms with Crippen LogP contribution in [0.25, 0.3) is 10.9 Å². The fourth-order valence-electron chi connectivity index (χ4n) is 1.73. The van der Waals surface area contributed by atoms with Crippen molar-refractivity contribution in [3.63, 3.8) is 0 Å². The Kier molecular flexibility index (Phi) is 4.44. The normalized spacial score (nSPS) is 11.2. The van der Waals surface area contributed by atoms with E-state index in [2.05, 4.69) is 18.8 Å². The van der Waals surface area contributed by atoms with E-state index in [9.17, 15) is 9.18 Å². The number of nitrogens with one attached hydrogen (secondary N) is 1. The van der Waals surface area contributed by atoms with Crippen LogP contribution in [0.2, 0.25) is 0 Å². The van der Waals surface area contributed by atoms with Gasteiger partial charge in [0, 0.05) is 10.9 Å². The molecule has 102 valence electrons. The van der Waals surface area contributed by atoms with E-state index in [0.717, 1.165) is 11.9 Å². The summed E-state index contributed by atoms with van der Waals surface area (Å²) in [4.78, 5) is 14.9. The maximum atomic E-state index is 13.2. The summed E-state index contributed by atoms with van der Waals surface area (Å²) in [5.74, 6) is -0.213. The van der Waals surface area contributed by atoms with E-state index in [0.29, 0.717) is 27.2 Å². The molecule has 0 aliphatic heterocycles. The Morgan fingerprint density at radius 2 is 2.21 bits per heavy atom. The highest BCUT2D eigenvalue weighted by atomic mass is 127. The Morgan fingerprint density at radius 1 is 1.47 bits per heavy atom. The van der Waals surface area contributed by atoms with Gasteiger partial charge in [-0.15, -0.1) is 0 Å². The molecule has 19 heavy (non-hydrogen) atoms. The molecule has 0 bridgehead atoms. The van der Waals surface area contributed by atoms with Crippen molar-refractivity contribution < 1.29 is 13.9 Å². The molecule has 0 aliphatic rings. The molecule has 0 amide bonds. The molecule has 0 saturated heterocycles. The molecule has 3 nitrogen and oxygen atoms in total. The minimum absolute atomic E-state index is 0.316. The average Bonchev–Trinajstić information content (AvgIpc) is 2.66. The summed E-state index contributed by atoms with van der Waals surface area (Å²) in [6, 6.07) is 4.40. The molecule has 1 aromatic heterocycles. The molecule has 0 saturated carbocycles. The number of aromatic amines is 1. The number of H-pyrrole nitrogens is 1. The van der Waals surface area contributed by atoms with Crippen molar-refractivity contribution in [2.45, 2.75) is 20.3 Å². The Hall–Kier alpha value is -1.11. The number of ether oxygens (including phenoxy) is 1. The lowest BCUT2D eigenvalue weighted by molar-refractivity contribution is 0.0481. The van der Waals surface area contributed by atoms with Crippen LogP contribution in [0.3, 0.4) is 0 Å². The van der Waals surface area contributed by atoms with Crippen molar-refractivity contribution in [3.05, 3.63) is 33.3 Å². The van der Waals surface area contributed by atoms with Gasteiger partial charge in [-0.1, -0.05) is 13.8 Å². The van der Waals surface area contributed by atoms with Crippen LogP contribution in [0, 0.1) is 15.3 Å². The topological polar surface area (TPSA) is 42.1 Å². The van der Waals surface area contributed by atoms with Crippen LogP contribution in [0.5, 0.6) is 0 Å². The smallest absolute Gasteiger partial charge is 0.355 e. The summed E-state index contributed by atoms with van der Waals surface area (Å²) in [6.07, 6.45) is 0.831. The summed E-state index contributed by atoms with van der Waals surface area (Å²) in [7, 11) is 0. The maximum Gasteiger partial charge on any atom is 0.355 e. The highest BCUT2D eigenvalue weighted by Gasteiger charge is 2.17. The quantitative estimate of drug-likeness (QED) is 0.646. The third-order valence-electron chi connectivity index (χ3n) is 2.83. The van der Waals surface area contributed by atoms with Crippen LogP contribution in [0.4, 0.5) is 4.39 Å². The Labute approximate surface area is 124 Å². The van der Waals surface area contributed by atoms with E-state index in [1.54, 1.807) is 6.07 Å². The number of hydrogen-bond acceptors (Lipinski definition) is 2. The second-order valence-corrected chi connectivity index (χ2v) is 5.90. The van der Waals surface area contributed by atoms with Crippen molar-refractivity contribution in [1.29, 1.82) is 0 Å². The predicted octanol–water partition coefficient (Wildman–Crippen LogP) is 4.11. The number of carbonyl (C=O) groups excluding carboxylic acids is 1. The SMILES string of the molecule is CC(C)CCOC(=O)c1[nH]c2ccc(F)cc2c1I. The second-order valence-electron chi connectivity index (χ2n) is 4.82. The Bertz CT molecular complexity index is 607. The summed E-state index contributed by atoms with van der Waals surface area (Å²) < 4.78 is 19.1. The van der Waals surface area contributed by atoms with E-state index in [1.807, 2.05) is 22.6 Å². The van der Waals surface area contributed by atoms with E-state index in [1.165, 1.54) is 12.1 Å². The van der Waals surface area contributed by atoms with Gasteiger partial charge < -0.3 is 9.72 Å². The number of halogens is 2. The molecule has 1 N–H and O–H groups in total. The minimum Gasteiger partial charge on any atom is -0.461 e. The van der Waals surface area contributed by atoms with Gasteiger partial charge >= 0.3 is 5.97 Å². The fraction of sp³-hybridized carbons (Fsp3) is 0.357. The third kappa shape index (κ3) is 3.26. The van der Waals surface area contributed by atoms with Gasteiger partial charge in [0.25, 0.3) is 0 Å². The first-order valence-electron chi connectivity index (χ1n) is 6.13. The van der Waals surface area contributed by atoms with Gasteiger partial charge in [0.05, 0.1) is 10.2 Å². The van der Waals surface area contributed by atoms with E-state index >= 15 is 0 Å². The van der Waals surface area contributed by atoms with E-state index in [4.69, 9.17) is 4.74 Å². The lowest BCUT2D eigenvalue weighted by Gasteiger charge is -2.05. The number of esters is 1. The summed E-state index contributed by atoms with van der Waals surface area (Å²) >= 11 is 2.03. The lowest BCUT2D eigenvalue weighted by Crippen LogP contribution is -2.09. The lowest BCUT2D eigenvalue weighted by atomic mass is 10.1. The molecule has 2 aromatic rings. The van der Waals surface area contributed by atoms with Gasteiger partial charge in [0.15, 0.2) is 0 Å². The predicted molar refractivity (Wildman–Crippen MR) is 80.7 cm³/mol. The van der Waals surface area contributed by atoms with Crippen LogP contribution in [0.15, 0.2) is 18.2 Å². The van der Waals surface area contributed by atoms with Crippen molar-refractivity contribution in [2.75, 3.05) is 6.61 Å². The standard InChI is InChI=1S/C14H15FINO2/c1-8(2)5-6-19-14(18)13-12(16)10-7-9(15)3-4-11(10)17-13/h3-4,7-8,17H,5-6H2,1-2H3. The minimum atomic E-state index is -0.387. The van der Waals surface area contributed by atoms with Crippen LogP contribution in [-0.4, -0.2) is 17.6 Å². The van der Waals surface area contributed by atoms with Crippen molar-refractivity contribution >= 4 is 39.5 Å². The summed E-state index contributed by atoms with van der Waals surface area (Å²) in [5.41, 5.74) is 1.13. The zero-order valence-electron chi connectivity index (χ0n) is 10.8. The van der Waals surface area contributed by atoms with Gasteiger partial charge in [0.1, 0.15) is 11.5 Å². The molecule has 0 radical (unpaired) electrons. The van der Waals surface area contributed by atoms with Crippen LogP contribution >= 0.6 is 22.6 Å². The number of fused-ring (bicyclic) bond motifs is 1. The third-order valence-corrected chi connectivity index (χ3v) is 3.95. The number of aromatic nitrogens is 1. The fourth-order valence-corrected chi connectivity index (χ4v) is 2.53. The molecule has 0 fully saturated rings. The van der Waals surface area contributed by atoms with Gasteiger partial charge in [-0.05, 0) is 53.1 Å². The van der Waals surface area contributed by atoms with Crippen molar-refractivity contribution in [1.82, 2.24) is 4.98 Å². The molecule has 0 aliphatic carbocycles. The maximum absolute atomic E-state index is 13.2. The van der Waals surface area contributed by atoms with Crippen LogP contribution in [-0.2, 0) is 4.74 Å². The van der Waals surface area contributed by atoms with Crippen molar-refractivity contribution in [2.24, 2.45) is 5.92 Å². The number of hydrogen-bond donors (Lipinski definition) is 1. The molecule has 0 unspecified atom stereocenters. The largest absolute Gasteiger partial charge is 0.461 e. The highest BCUT2D eigenvalue weighted by molar-refractivity contribution is 14.1. The van der Waals surface area contributed by atoms with Gasteiger partial charge in [-0.25, -0.2) is 9.18 Å². The number of rotatable bonds is 4. The average molecular weight is 375 g/mol. The zero-order valence-corrected chi connectivity index (χ0v) is 13.0. The summed E-state index contributed by atoms with van der Waals surface area (Å²) in [5, 5.41) is 0.705.